The van der Waals surface area contributed by atoms with Crippen molar-refractivity contribution in [2.45, 2.75) is 25.3 Å². The number of hydrogen-bond acceptors (Lipinski definition) is 3. The third kappa shape index (κ3) is 2.92. The van der Waals surface area contributed by atoms with Crippen LogP contribution in [-0.4, -0.2) is 62.7 Å². The fourth-order valence-corrected chi connectivity index (χ4v) is 3.09. The highest BCUT2D eigenvalue weighted by molar-refractivity contribution is 4.85. The first-order valence-corrected chi connectivity index (χ1v) is 6.37. The Balaban J connectivity index is 1.79. The summed E-state index contributed by atoms with van der Waals surface area (Å²) in [4.78, 5) is 5.21. The molecule has 88 valence electrons. The van der Waals surface area contributed by atoms with Crippen LogP contribution in [0.5, 0.6) is 0 Å². The van der Waals surface area contributed by atoms with E-state index >= 15 is 0 Å². The van der Waals surface area contributed by atoms with Gasteiger partial charge in [0.05, 0.1) is 0 Å². The molecule has 2 unspecified atom stereocenters. The zero-order valence-electron chi connectivity index (χ0n) is 10.2. The molecule has 2 saturated heterocycles. The van der Waals surface area contributed by atoms with Crippen LogP contribution in [-0.2, 0) is 0 Å². The summed E-state index contributed by atoms with van der Waals surface area (Å²) in [6, 6.07) is 0.839. The quantitative estimate of drug-likeness (QED) is 0.738. The summed E-state index contributed by atoms with van der Waals surface area (Å²) in [7, 11) is 4.32. The molecule has 2 fully saturated rings. The Morgan fingerprint density at radius 1 is 1.20 bits per heavy atom. The Morgan fingerprint density at radius 2 is 2.07 bits per heavy atom. The standard InChI is InChI=1S/C12H25N3/c1-13-8-11-5-7-15(9-11)12-4-3-6-14(2)10-12/h11-13H,3-10H2,1-2H3. The van der Waals surface area contributed by atoms with E-state index in [1.54, 1.807) is 0 Å². The lowest BCUT2D eigenvalue weighted by molar-refractivity contribution is 0.130. The van der Waals surface area contributed by atoms with Gasteiger partial charge in [-0.15, -0.1) is 0 Å². The van der Waals surface area contributed by atoms with E-state index in [1.807, 2.05) is 0 Å². The minimum atomic E-state index is 0.839. The Hall–Kier alpha value is -0.120. The molecule has 2 aliphatic heterocycles. The number of hydrogen-bond donors (Lipinski definition) is 1. The first-order chi connectivity index (χ1) is 7.29. The number of likely N-dealkylation sites (tertiary alicyclic amines) is 2. The largest absolute Gasteiger partial charge is 0.319 e. The minimum absolute atomic E-state index is 0.839. The fourth-order valence-electron chi connectivity index (χ4n) is 3.09. The average molecular weight is 211 g/mol. The van der Waals surface area contributed by atoms with Crippen LogP contribution < -0.4 is 5.32 Å². The zero-order chi connectivity index (χ0) is 10.7. The maximum absolute atomic E-state index is 3.30. The van der Waals surface area contributed by atoms with E-state index in [4.69, 9.17) is 0 Å². The smallest absolute Gasteiger partial charge is 0.0223 e. The first-order valence-electron chi connectivity index (χ1n) is 6.37. The summed E-state index contributed by atoms with van der Waals surface area (Å²) in [6.07, 6.45) is 4.19. The number of piperidine rings is 1. The van der Waals surface area contributed by atoms with Crippen LogP contribution in [0.2, 0.25) is 0 Å². The summed E-state index contributed by atoms with van der Waals surface area (Å²) in [5.41, 5.74) is 0. The highest BCUT2D eigenvalue weighted by atomic mass is 15.2. The summed E-state index contributed by atoms with van der Waals surface area (Å²) >= 11 is 0. The molecule has 2 heterocycles. The Morgan fingerprint density at radius 3 is 2.80 bits per heavy atom. The molecule has 3 heteroatoms. The summed E-state index contributed by atoms with van der Waals surface area (Å²) in [5.74, 6) is 0.891. The van der Waals surface area contributed by atoms with Gasteiger partial charge in [-0.05, 0) is 58.9 Å². The molecule has 1 N–H and O–H groups in total. The molecule has 0 aromatic carbocycles. The number of likely N-dealkylation sites (N-methyl/N-ethyl adjacent to an activating group) is 1. The van der Waals surface area contributed by atoms with Crippen LogP contribution in [0, 0.1) is 5.92 Å². The molecule has 0 spiro atoms. The van der Waals surface area contributed by atoms with Gasteiger partial charge < -0.3 is 10.2 Å². The van der Waals surface area contributed by atoms with Crippen molar-refractivity contribution < 1.29 is 0 Å². The summed E-state index contributed by atoms with van der Waals surface area (Å²) < 4.78 is 0. The van der Waals surface area contributed by atoms with E-state index in [2.05, 4.69) is 29.2 Å². The van der Waals surface area contributed by atoms with Gasteiger partial charge in [0.1, 0.15) is 0 Å². The van der Waals surface area contributed by atoms with Gasteiger partial charge in [-0.2, -0.15) is 0 Å². The summed E-state index contributed by atoms with van der Waals surface area (Å²) in [6.45, 7) is 6.42. The van der Waals surface area contributed by atoms with Crippen molar-refractivity contribution in [1.82, 2.24) is 15.1 Å². The molecule has 2 rings (SSSR count). The molecule has 0 amide bonds. The molecular weight excluding hydrogens is 186 g/mol. The lowest BCUT2D eigenvalue weighted by Gasteiger charge is -2.35. The molecule has 15 heavy (non-hydrogen) atoms. The second-order valence-corrected chi connectivity index (χ2v) is 5.27. The Kier molecular flexibility index (Phi) is 4.00. The van der Waals surface area contributed by atoms with E-state index in [0.29, 0.717) is 0 Å². The highest BCUT2D eigenvalue weighted by Crippen LogP contribution is 2.22. The normalized spacial score (nSPS) is 34.8. The monoisotopic (exact) mass is 211 g/mol. The topological polar surface area (TPSA) is 18.5 Å². The second-order valence-electron chi connectivity index (χ2n) is 5.27. The minimum Gasteiger partial charge on any atom is -0.319 e. The van der Waals surface area contributed by atoms with Crippen LogP contribution in [0.25, 0.3) is 0 Å². The number of nitrogens with zero attached hydrogens (tertiary/aromatic N) is 2. The van der Waals surface area contributed by atoms with E-state index in [9.17, 15) is 0 Å². The van der Waals surface area contributed by atoms with Crippen molar-refractivity contribution in [3.05, 3.63) is 0 Å². The van der Waals surface area contributed by atoms with Gasteiger partial charge in [0.2, 0.25) is 0 Å². The van der Waals surface area contributed by atoms with Gasteiger partial charge >= 0.3 is 0 Å². The van der Waals surface area contributed by atoms with E-state index < -0.39 is 0 Å². The molecule has 0 aromatic heterocycles. The average Bonchev–Trinajstić information content (AvgIpc) is 2.67. The van der Waals surface area contributed by atoms with Gasteiger partial charge in [-0.25, -0.2) is 0 Å². The van der Waals surface area contributed by atoms with Crippen molar-refractivity contribution >= 4 is 0 Å². The maximum atomic E-state index is 3.30. The third-order valence-electron chi connectivity index (χ3n) is 3.93. The lowest BCUT2D eigenvalue weighted by atomic mass is 10.0. The molecule has 2 atom stereocenters. The van der Waals surface area contributed by atoms with Crippen LogP contribution >= 0.6 is 0 Å². The van der Waals surface area contributed by atoms with Crippen LogP contribution in [0.3, 0.4) is 0 Å². The van der Waals surface area contributed by atoms with Crippen LogP contribution in [0.1, 0.15) is 19.3 Å². The predicted molar refractivity (Wildman–Crippen MR) is 64.1 cm³/mol. The van der Waals surface area contributed by atoms with E-state index in [1.165, 1.54) is 52.0 Å². The molecule has 0 radical (unpaired) electrons. The van der Waals surface area contributed by atoms with Crippen LogP contribution in [0.15, 0.2) is 0 Å². The maximum Gasteiger partial charge on any atom is 0.0223 e. The molecule has 0 bridgehead atoms. The molecule has 0 saturated carbocycles. The molecule has 2 aliphatic rings. The summed E-state index contributed by atoms with van der Waals surface area (Å²) in [5, 5.41) is 3.30. The van der Waals surface area contributed by atoms with Crippen molar-refractivity contribution in [3.8, 4) is 0 Å². The van der Waals surface area contributed by atoms with E-state index in [0.717, 1.165) is 12.0 Å². The SMILES string of the molecule is CNCC1CCN(C2CCCN(C)C2)C1. The molecule has 3 nitrogen and oxygen atoms in total. The van der Waals surface area contributed by atoms with Crippen molar-refractivity contribution in [2.75, 3.05) is 46.8 Å². The zero-order valence-corrected chi connectivity index (χ0v) is 10.2. The number of nitrogens with one attached hydrogen (secondary N) is 1. The van der Waals surface area contributed by atoms with Gasteiger partial charge in [0, 0.05) is 19.1 Å². The highest BCUT2D eigenvalue weighted by Gasteiger charge is 2.29. The van der Waals surface area contributed by atoms with Crippen LogP contribution in [0.4, 0.5) is 0 Å². The van der Waals surface area contributed by atoms with Crippen molar-refractivity contribution in [3.63, 3.8) is 0 Å². The molecule has 0 aromatic rings. The molecule has 0 aliphatic carbocycles. The fraction of sp³-hybridized carbons (Fsp3) is 1.00. The lowest BCUT2D eigenvalue weighted by Crippen LogP contribution is -2.45. The Labute approximate surface area is 93.8 Å². The first kappa shape index (κ1) is 11.4. The molecular formula is C12H25N3. The second kappa shape index (κ2) is 5.28. The van der Waals surface area contributed by atoms with Gasteiger partial charge in [0.15, 0.2) is 0 Å². The predicted octanol–water partition coefficient (Wildman–Crippen LogP) is 0.622. The van der Waals surface area contributed by atoms with Gasteiger partial charge in [-0.3, -0.25) is 4.90 Å². The Bertz CT molecular complexity index is 195. The van der Waals surface area contributed by atoms with Gasteiger partial charge in [0.25, 0.3) is 0 Å². The number of rotatable bonds is 3. The van der Waals surface area contributed by atoms with E-state index in [-0.39, 0.29) is 0 Å². The van der Waals surface area contributed by atoms with Crippen molar-refractivity contribution in [2.24, 2.45) is 5.92 Å². The third-order valence-corrected chi connectivity index (χ3v) is 3.93. The van der Waals surface area contributed by atoms with Crippen molar-refractivity contribution in [1.29, 1.82) is 0 Å². The van der Waals surface area contributed by atoms with Gasteiger partial charge in [-0.1, -0.05) is 0 Å².